The van der Waals surface area contributed by atoms with Crippen molar-refractivity contribution in [3.05, 3.63) is 29.6 Å². The Morgan fingerprint density at radius 2 is 2.11 bits per heavy atom. The van der Waals surface area contributed by atoms with Crippen LogP contribution in [0.3, 0.4) is 0 Å². The summed E-state index contributed by atoms with van der Waals surface area (Å²) in [6, 6.07) is 4.81. The van der Waals surface area contributed by atoms with Crippen molar-refractivity contribution in [3.63, 3.8) is 0 Å². The first-order chi connectivity index (χ1) is 8.46. The molecule has 0 aliphatic heterocycles. The number of hydrogen-bond acceptors (Lipinski definition) is 3. The van der Waals surface area contributed by atoms with Gasteiger partial charge in [0.05, 0.1) is 11.4 Å². The molecule has 1 aromatic rings. The van der Waals surface area contributed by atoms with E-state index in [1.807, 2.05) is 0 Å². The summed E-state index contributed by atoms with van der Waals surface area (Å²) in [5, 5.41) is 3.11. The third-order valence-corrected chi connectivity index (χ3v) is 4.04. The average molecular weight is 272 g/mol. The van der Waals surface area contributed by atoms with E-state index in [1.165, 1.54) is 12.1 Å². The predicted octanol–water partition coefficient (Wildman–Crippen LogP) is 1.63. The van der Waals surface area contributed by atoms with Crippen LogP contribution in [0.2, 0.25) is 0 Å². The minimum atomic E-state index is -3.49. The monoisotopic (exact) mass is 272 g/mol. The molecule has 0 saturated heterocycles. The maximum Gasteiger partial charge on any atom is 0.234 e. The lowest BCUT2D eigenvalue weighted by Crippen LogP contribution is -2.28. The van der Waals surface area contributed by atoms with Crippen molar-refractivity contribution >= 4 is 15.7 Å². The molecule has 1 fully saturated rings. The van der Waals surface area contributed by atoms with Crippen LogP contribution in [0.4, 0.5) is 10.1 Å². The Balaban J connectivity index is 1.95. The second-order valence-electron chi connectivity index (χ2n) is 4.63. The summed E-state index contributed by atoms with van der Waals surface area (Å²) in [6.45, 7) is 2.18. The standard InChI is InChI=1S/C12H17FN2O2S/c1-9-2-5-11(13)12(8-9)15-18(16,17)7-6-14-10-3-4-10/h2,5,8,10,14-15H,3-4,6-7H2,1H3. The molecule has 2 N–H and O–H groups in total. The summed E-state index contributed by atoms with van der Waals surface area (Å²) in [6.07, 6.45) is 2.22. The largest absolute Gasteiger partial charge is 0.313 e. The van der Waals surface area contributed by atoms with Crippen LogP contribution >= 0.6 is 0 Å². The van der Waals surface area contributed by atoms with Crippen molar-refractivity contribution in [2.45, 2.75) is 25.8 Å². The fraction of sp³-hybridized carbons (Fsp3) is 0.500. The van der Waals surface area contributed by atoms with E-state index < -0.39 is 15.8 Å². The summed E-state index contributed by atoms with van der Waals surface area (Å²) in [5.74, 6) is -0.601. The summed E-state index contributed by atoms with van der Waals surface area (Å²) in [4.78, 5) is 0. The first-order valence-electron chi connectivity index (χ1n) is 5.96. The number of benzene rings is 1. The van der Waals surface area contributed by atoms with E-state index in [-0.39, 0.29) is 11.4 Å². The summed E-state index contributed by atoms with van der Waals surface area (Å²) < 4.78 is 39.2. The van der Waals surface area contributed by atoms with Gasteiger partial charge in [0.25, 0.3) is 0 Å². The molecule has 18 heavy (non-hydrogen) atoms. The van der Waals surface area contributed by atoms with E-state index in [0.29, 0.717) is 12.6 Å². The van der Waals surface area contributed by atoms with Crippen LogP contribution in [-0.2, 0) is 10.0 Å². The smallest absolute Gasteiger partial charge is 0.234 e. The second-order valence-corrected chi connectivity index (χ2v) is 6.47. The van der Waals surface area contributed by atoms with Gasteiger partial charge in [0.1, 0.15) is 5.82 Å². The molecule has 1 aliphatic rings. The van der Waals surface area contributed by atoms with E-state index >= 15 is 0 Å². The number of hydrogen-bond donors (Lipinski definition) is 2. The highest BCUT2D eigenvalue weighted by Crippen LogP contribution is 2.19. The molecule has 1 saturated carbocycles. The molecule has 0 heterocycles. The first-order valence-corrected chi connectivity index (χ1v) is 7.61. The fourth-order valence-corrected chi connectivity index (χ4v) is 2.60. The molecular formula is C12H17FN2O2S. The quantitative estimate of drug-likeness (QED) is 0.827. The van der Waals surface area contributed by atoms with Gasteiger partial charge in [-0.2, -0.15) is 0 Å². The Morgan fingerprint density at radius 1 is 1.39 bits per heavy atom. The van der Waals surface area contributed by atoms with Gasteiger partial charge in [-0.25, -0.2) is 12.8 Å². The number of rotatable bonds is 6. The average Bonchev–Trinajstić information content (AvgIpc) is 3.07. The highest BCUT2D eigenvalue weighted by molar-refractivity contribution is 7.92. The highest BCUT2D eigenvalue weighted by atomic mass is 32.2. The minimum absolute atomic E-state index is 0.0152. The molecule has 0 bridgehead atoms. The van der Waals surface area contributed by atoms with Crippen LogP contribution < -0.4 is 10.0 Å². The van der Waals surface area contributed by atoms with Gasteiger partial charge < -0.3 is 5.32 Å². The summed E-state index contributed by atoms with van der Waals surface area (Å²) in [7, 11) is -3.49. The lowest BCUT2D eigenvalue weighted by Gasteiger charge is -2.10. The Morgan fingerprint density at radius 3 is 2.78 bits per heavy atom. The van der Waals surface area contributed by atoms with Gasteiger partial charge in [0, 0.05) is 12.6 Å². The fourth-order valence-electron chi connectivity index (χ4n) is 1.62. The molecule has 0 spiro atoms. The molecule has 1 aromatic carbocycles. The molecule has 0 atom stereocenters. The van der Waals surface area contributed by atoms with E-state index in [4.69, 9.17) is 0 Å². The molecule has 4 nitrogen and oxygen atoms in total. The number of sulfonamides is 1. The zero-order valence-corrected chi connectivity index (χ0v) is 11.1. The number of anilines is 1. The Kier molecular flexibility index (Phi) is 3.87. The zero-order chi connectivity index (χ0) is 13.2. The van der Waals surface area contributed by atoms with Crippen molar-refractivity contribution < 1.29 is 12.8 Å². The third-order valence-electron chi connectivity index (χ3n) is 2.77. The lowest BCUT2D eigenvalue weighted by molar-refractivity contribution is 0.593. The van der Waals surface area contributed by atoms with Crippen molar-refractivity contribution in [1.82, 2.24) is 5.32 Å². The summed E-state index contributed by atoms with van der Waals surface area (Å²) in [5.41, 5.74) is 0.826. The molecule has 0 aromatic heterocycles. The van der Waals surface area contributed by atoms with Crippen LogP contribution in [0, 0.1) is 12.7 Å². The van der Waals surface area contributed by atoms with E-state index in [2.05, 4.69) is 10.0 Å². The molecule has 2 rings (SSSR count). The maximum atomic E-state index is 13.4. The Labute approximate surface area is 107 Å². The van der Waals surface area contributed by atoms with Crippen LogP contribution in [-0.4, -0.2) is 26.8 Å². The molecule has 1 aliphatic carbocycles. The van der Waals surface area contributed by atoms with Gasteiger partial charge in [-0.15, -0.1) is 0 Å². The molecule has 100 valence electrons. The lowest BCUT2D eigenvalue weighted by atomic mass is 10.2. The topological polar surface area (TPSA) is 58.2 Å². The third kappa shape index (κ3) is 3.96. The summed E-state index contributed by atoms with van der Waals surface area (Å²) >= 11 is 0. The normalized spacial score (nSPS) is 15.7. The van der Waals surface area contributed by atoms with Crippen LogP contribution in [0.25, 0.3) is 0 Å². The van der Waals surface area contributed by atoms with Gasteiger partial charge in [-0.3, -0.25) is 4.72 Å². The zero-order valence-electron chi connectivity index (χ0n) is 10.2. The van der Waals surface area contributed by atoms with Crippen molar-refractivity contribution in [1.29, 1.82) is 0 Å². The number of halogens is 1. The van der Waals surface area contributed by atoms with Gasteiger partial charge in [-0.05, 0) is 37.5 Å². The van der Waals surface area contributed by atoms with Crippen molar-refractivity contribution in [2.75, 3.05) is 17.0 Å². The maximum absolute atomic E-state index is 13.4. The van der Waals surface area contributed by atoms with Gasteiger partial charge >= 0.3 is 0 Å². The molecule has 0 unspecified atom stereocenters. The van der Waals surface area contributed by atoms with Crippen molar-refractivity contribution in [3.8, 4) is 0 Å². The predicted molar refractivity (Wildman–Crippen MR) is 69.6 cm³/mol. The van der Waals surface area contributed by atoms with E-state index in [1.54, 1.807) is 13.0 Å². The van der Waals surface area contributed by atoms with E-state index in [9.17, 15) is 12.8 Å². The van der Waals surface area contributed by atoms with Crippen LogP contribution in [0.5, 0.6) is 0 Å². The van der Waals surface area contributed by atoms with Crippen LogP contribution in [0.15, 0.2) is 18.2 Å². The molecule has 0 amide bonds. The first kappa shape index (κ1) is 13.3. The minimum Gasteiger partial charge on any atom is -0.313 e. The Bertz CT molecular complexity index is 527. The SMILES string of the molecule is Cc1ccc(F)c(NS(=O)(=O)CCNC2CC2)c1. The van der Waals surface area contributed by atoms with E-state index in [0.717, 1.165) is 18.4 Å². The van der Waals surface area contributed by atoms with Crippen LogP contribution in [0.1, 0.15) is 18.4 Å². The van der Waals surface area contributed by atoms with Gasteiger partial charge in [-0.1, -0.05) is 6.07 Å². The van der Waals surface area contributed by atoms with Gasteiger partial charge in [0.15, 0.2) is 0 Å². The number of aryl methyl sites for hydroxylation is 1. The van der Waals surface area contributed by atoms with Gasteiger partial charge in [0.2, 0.25) is 10.0 Å². The second kappa shape index (κ2) is 5.24. The number of nitrogens with one attached hydrogen (secondary N) is 2. The molecule has 6 heteroatoms. The Hall–Kier alpha value is -1.14. The highest BCUT2D eigenvalue weighted by Gasteiger charge is 2.21. The molecular weight excluding hydrogens is 255 g/mol. The van der Waals surface area contributed by atoms with Crippen molar-refractivity contribution in [2.24, 2.45) is 0 Å². The molecule has 0 radical (unpaired) electrons.